The van der Waals surface area contributed by atoms with Gasteiger partial charge in [-0.25, -0.2) is 9.18 Å². The number of piperidine rings is 1. The zero-order valence-electron chi connectivity index (χ0n) is 16.3. The highest BCUT2D eigenvalue weighted by Crippen LogP contribution is 2.24. The predicted molar refractivity (Wildman–Crippen MR) is 103 cm³/mol. The first-order valence-corrected chi connectivity index (χ1v) is 9.92. The van der Waals surface area contributed by atoms with Crippen LogP contribution < -0.4 is 5.32 Å². The fraction of sp³-hybridized carbons (Fsp3) is 0.526. The Labute approximate surface area is 167 Å². The van der Waals surface area contributed by atoms with Crippen molar-refractivity contribution in [2.75, 3.05) is 31.5 Å². The van der Waals surface area contributed by atoms with Crippen LogP contribution in [0.3, 0.4) is 0 Å². The van der Waals surface area contributed by atoms with E-state index in [-0.39, 0.29) is 23.5 Å². The Morgan fingerprint density at radius 2 is 1.79 bits per heavy atom. The Morgan fingerprint density at radius 3 is 2.45 bits per heavy atom. The van der Waals surface area contributed by atoms with Gasteiger partial charge in [0.15, 0.2) is 5.82 Å². The average Bonchev–Trinajstić information content (AvgIpc) is 3.41. The third-order valence-corrected chi connectivity index (χ3v) is 5.59. The fourth-order valence-electron chi connectivity index (χ4n) is 3.89. The number of aromatic nitrogens is 4. The summed E-state index contributed by atoms with van der Waals surface area (Å²) in [7, 11) is 0. The number of aryl methyl sites for hydroxylation is 1. The lowest BCUT2D eigenvalue weighted by atomic mass is 9.96. The first-order chi connectivity index (χ1) is 14.0. The second kappa shape index (κ2) is 8.14. The number of likely N-dealkylation sites (tertiary alicyclic amines) is 2. The molecule has 10 heteroatoms. The Kier molecular flexibility index (Phi) is 5.41. The fourth-order valence-corrected chi connectivity index (χ4v) is 3.89. The maximum Gasteiger partial charge on any atom is 0.319 e. The van der Waals surface area contributed by atoms with Gasteiger partial charge in [0.1, 0.15) is 5.82 Å². The standard InChI is InChI=1S/C19H24FN7O2/c1-13-22-23-24-27(13)15-4-5-16(20)17(12-15)21-18(28)14-6-10-26(11-7-14)19(29)25-8-2-3-9-25/h4-5,12,14H,2-3,6-11H2,1H3,(H,21,28). The molecule has 3 heterocycles. The zero-order chi connectivity index (χ0) is 20.4. The van der Waals surface area contributed by atoms with Crippen LogP contribution in [0.1, 0.15) is 31.5 Å². The summed E-state index contributed by atoms with van der Waals surface area (Å²) >= 11 is 0. The van der Waals surface area contributed by atoms with Gasteiger partial charge in [0.05, 0.1) is 11.4 Å². The number of halogens is 1. The molecule has 0 bridgehead atoms. The average molecular weight is 401 g/mol. The van der Waals surface area contributed by atoms with E-state index in [2.05, 4.69) is 20.8 Å². The molecule has 2 aromatic rings. The maximum absolute atomic E-state index is 14.2. The lowest BCUT2D eigenvalue weighted by Crippen LogP contribution is -2.47. The molecule has 154 valence electrons. The molecule has 2 fully saturated rings. The lowest BCUT2D eigenvalue weighted by Gasteiger charge is -2.34. The van der Waals surface area contributed by atoms with Crippen LogP contribution in [-0.4, -0.2) is 68.1 Å². The number of urea groups is 1. The second-order valence-electron chi connectivity index (χ2n) is 7.53. The minimum atomic E-state index is -0.519. The number of benzene rings is 1. The van der Waals surface area contributed by atoms with E-state index in [1.54, 1.807) is 13.0 Å². The summed E-state index contributed by atoms with van der Waals surface area (Å²) in [6, 6.07) is 4.42. The molecule has 2 saturated heterocycles. The molecule has 0 unspecified atom stereocenters. The van der Waals surface area contributed by atoms with Crippen molar-refractivity contribution in [2.45, 2.75) is 32.6 Å². The molecule has 2 aliphatic heterocycles. The van der Waals surface area contributed by atoms with E-state index in [1.165, 1.54) is 16.8 Å². The Bertz CT molecular complexity index is 902. The topological polar surface area (TPSA) is 96.2 Å². The van der Waals surface area contributed by atoms with Gasteiger partial charge < -0.3 is 15.1 Å². The summed E-state index contributed by atoms with van der Waals surface area (Å²) in [5.74, 6) is -0.448. The quantitative estimate of drug-likeness (QED) is 0.848. The molecule has 2 aliphatic rings. The van der Waals surface area contributed by atoms with Crippen molar-refractivity contribution in [3.05, 3.63) is 29.8 Å². The highest BCUT2D eigenvalue weighted by Gasteiger charge is 2.30. The van der Waals surface area contributed by atoms with Gasteiger partial charge in [-0.15, -0.1) is 5.10 Å². The summed E-state index contributed by atoms with van der Waals surface area (Å²) in [6.07, 6.45) is 3.25. The van der Waals surface area contributed by atoms with Crippen molar-refractivity contribution < 1.29 is 14.0 Å². The molecule has 4 rings (SSSR count). The number of nitrogens with zero attached hydrogens (tertiary/aromatic N) is 6. The first kappa shape index (κ1) is 19.3. The highest BCUT2D eigenvalue weighted by atomic mass is 19.1. The van der Waals surface area contributed by atoms with E-state index in [9.17, 15) is 14.0 Å². The molecule has 0 saturated carbocycles. The van der Waals surface area contributed by atoms with Crippen LogP contribution in [0.2, 0.25) is 0 Å². The van der Waals surface area contributed by atoms with Crippen LogP contribution >= 0.6 is 0 Å². The number of anilines is 1. The van der Waals surface area contributed by atoms with Crippen LogP contribution in [0.5, 0.6) is 0 Å². The van der Waals surface area contributed by atoms with Crippen molar-refractivity contribution in [3.63, 3.8) is 0 Å². The molecular weight excluding hydrogens is 377 g/mol. The van der Waals surface area contributed by atoms with Crippen LogP contribution in [0.4, 0.5) is 14.9 Å². The molecule has 0 spiro atoms. The summed E-state index contributed by atoms with van der Waals surface area (Å²) in [5.41, 5.74) is 0.660. The zero-order valence-corrected chi connectivity index (χ0v) is 16.3. The van der Waals surface area contributed by atoms with Gasteiger partial charge >= 0.3 is 6.03 Å². The van der Waals surface area contributed by atoms with E-state index in [0.29, 0.717) is 37.4 Å². The van der Waals surface area contributed by atoms with Gasteiger partial charge in [-0.1, -0.05) is 0 Å². The Balaban J connectivity index is 1.37. The van der Waals surface area contributed by atoms with Crippen molar-refractivity contribution in [1.82, 2.24) is 30.0 Å². The van der Waals surface area contributed by atoms with Gasteiger partial charge in [-0.2, -0.15) is 4.68 Å². The van der Waals surface area contributed by atoms with Crippen molar-refractivity contribution >= 4 is 17.6 Å². The van der Waals surface area contributed by atoms with Crippen LogP contribution in [-0.2, 0) is 4.79 Å². The molecule has 0 aliphatic carbocycles. The van der Waals surface area contributed by atoms with Crippen molar-refractivity contribution in [1.29, 1.82) is 0 Å². The van der Waals surface area contributed by atoms with E-state index < -0.39 is 5.82 Å². The number of rotatable bonds is 3. The van der Waals surface area contributed by atoms with E-state index in [4.69, 9.17) is 0 Å². The Hall–Kier alpha value is -3.04. The van der Waals surface area contributed by atoms with Crippen LogP contribution in [0.15, 0.2) is 18.2 Å². The molecule has 1 aromatic carbocycles. The number of amides is 3. The number of carbonyl (C=O) groups is 2. The van der Waals surface area contributed by atoms with Gasteiger partial charge in [-0.05, 0) is 61.2 Å². The normalized spacial score (nSPS) is 17.6. The smallest absolute Gasteiger partial charge is 0.319 e. The number of tetrazole rings is 1. The van der Waals surface area contributed by atoms with Gasteiger partial charge in [0.25, 0.3) is 0 Å². The number of hydrogen-bond donors (Lipinski definition) is 1. The van der Waals surface area contributed by atoms with Crippen LogP contribution in [0.25, 0.3) is 5.69 Å². The number of nitrogens with one attached hydrogen (secondary N) is 1. The highest BCUT2D eigenvalue weighted by molar-refractivity contribution is 5.93. The number of hydrogen-bond acceptors (Lipinski definition) is 5. The second-order valence-corrected chi connectivity index (χ2v) is 7.53. The SMILES string of the molecule is Cc1nnnn1-c1ccc(F)c(NC(=O)C2CCN(C(=O)N3CCCC3)CC2)c1. The third kappa shape index (κ3) is 4.06. The van der Waals surface area contributed by atoms with Gasteiger partial charge in [0.2, 0.25) is 5.91 Å². The lowest BCUT2D eigenvalue weighted by molar-refractivity contribution is -0.121. The van der Waals surface area contributed by atoms with Crippen molar-refractivity contribution in [2.24, 2.45) is 5.92 Å². The van der Waals surface area contributed by atoms with E-state index >= 15 is 0 Å². The summed E-state index contributed by atoms with van der Waals surface area (Å²) < 4.78 is 15.7. The monoisotopic (exact) mass is 401 g/mol. The van der Waals surface area contributed by atoms with Gasteiger partial charge in [0, 0.05) is 32.1 Å². The molecule has 29 heavy (non-hydrogen) atoms. The number of carbonyl (C=O) groups excluding carboxylic acids is 2. The predicted octanol–water partition coefficient (Wildman–Crippen LogP) is 1.98. The van der Waals surface area contributed by atoms with E-state index in [1.807, 2.05) is 9.80 Å². The molecule has 3 amide bonds. The molecule has 1 aromatic heterocycles. The molecule has 9 nitrogen and oxygen atoms in total. The molecular formula is C19H24FN7O2. The minimum Gasteiger partial charge on any atom is -0.325 e. The largest absolute Gasteiger partial charge is 0.325 e. The Morgan fingerprint density at radius 1 is 1.10 bits per heavy atom. The maximum atomic E-state index is 14.2. The van der Waals surface area contributed by atoms with Crippen LogP contribution in [0, 0.1) is 18.7 Å². The third-order valence-electron chi connectivity index (χ3n) is 5.59. The first-order valence-electron chi connectivity index (χ1n) is 9.92. The molecule has 0 atom stereocenters. The van der Waals surface area contributed by atoms with Gasteiger partial charge in [-0.3, -0.25) is 4.79 Å². The summed E-state index contributed by atoms with van der Waals surface area (Å²) in [4.78, 5) is 28.8. The molecule has 0 radical (unpaired) electrons. The van der Waals surface area contributed by atoms with Crippen molar-refractivity contribution in [3.8, 4) is 5.69 Å². The van der Waals surface area contributed by atoms with E-state index in [0.717, 1.165) is 25.9 Å². The minimum absolute atomic E-state index is 0.0666. The summed E-state index contributed by atoms with van der Waals surface area (Å²) in [6.45, 7) is 4.45. The molecule has 1 N–H and O–H groups in total. The summed E-state index contributed by atoms with van der Waals surface area (Å²) in [5, 5.41) is 13.9.